The van der Waals surface area contributed by atoms with Crippen molar-refractivity contribution >= 4 is 5.91 Å². The van der Waals surface area contributed by atoms with Gasteiger partial charge in [0.1, 0.15) is 5.76 Å². The van der Waals surface area contributed by atoms with E-state index in [-0.39, 0.29) is 11.9 Å². The molecular weight excluding hydrogens is 204 g/mol. The summed E-state index contributed by atoms with van der Waals surface area (Å²) in [7, 11) is 0. The summed E-state index contributed by atoms with van der Waals surface area (Å²) in [5, 5.41) is 2.89. The van der Waals surface area contributed by atoms with Crippen molar-refractivity contribution in [1.82, 2.24) is 5.32 Å². The van der Waals surface area contributed by atoms with Gasteiger partial charge in [-0.05, 0) is 25.5 Å². The normalized spacial score (nSPS) is 12.4. The Bertz CT molecular complexity index is 334. The van der Waals surface area contributed by atoms with Gasteiger partial charge in [-0.2, -0.15) is 0 Å². The first-order chi connectivity index (χ1) is 7.67. The summed E-state index contributed by atoms with van der Waals surface area (Å²) in [4.78, 5) is 11.7. The highest BCUT2D eigenvalue weighted by molar-refractivity contribution is 5.91. The second-order valence-electron chi connectivity index (χ2n) is 3.99. The molecular formula is C12H20N2O2. The van der Waals surface area contributed by atoms with Gasteiger partial charge in [-0.25, -0.2) is 0 Å². The van der Waals surface area contributed by atoms with Crippen molar-refractivity contribution in [2.45, 2.75) is 45.7 Å². The van der Waals surface area contributed by atoms with Crippen molar-refractivity contribution in [2.24, 2.45) is 5.73 Å². The fourth-order valence-corrected chi connectivity index (χ4v) is 1.49. The van der Waals surface area contributed by atoms with Crippen LogP contribution < -0.4 is 11.1 Å². The molecule has 0 saturated carbocycles. The molecule has 0 bridgehead atoms. The lowest BCUT2D eigenvalue weighted by molar-refractivity contribution is 0.0908. The van der Waals surface area contributed by atoms with Gasteiger partial charge in [-0.15, -0.1) is 0 Å². The zero-order valence-electron chi connectivity index (χ0n) is 9.95. The molecule has 0 spiro atoms. The summed E-state index contributed by atoms with van der Waals surface area (Å²) >= 11 is 0. The summed E-state index contributed by atoms with van der Waals surface area (Å²) in [6.45, 7) is 4.45. The molecule has 0 radical (unpaired) electrons. The smallest absolute Gasteiger partial charge is 0.287 e. The Balaban J connectivity index is 2.45. The van der Waals surface area contributed by atoms with Crippen LogP contribution in [-0.2, 0) is 6.54 Å². The molecule has 0 aliphatic carbocycles. The minimum Gasteiger partial charge on any atom is -0.455 e. The zero-order valence-corrected chi connectivity index (χ0v) is 9.95. The lowest BCUT2D eigenvalue weighted by atomic mass is 10.1. The minimum atomic E-state index is -0.164. The maximum atomic E-state index is 11.7. The van der Waals surface area contributed by atoms with Crippen molar-refractivity contribution in [2.75, 3.05) is 0 Å². The molecule has 90 valence electrons. The molecule has 1 amide bonds. The van der Waals surface area contributed by atoms with E-state index in [0.29, 0.717) is 18.1 Å². The monoisotopic (exact) mass is 224 g/mol. The minimum absolute atomic E-state index is 0.164. The predicted molar refractivity (Wildman–Crippen MR) is 63.1 cm³/mol. The number of nitrogens with one attached hydrogen (secondary N) is 1. The number of hydrogen-bond donors (Lipinski definition) is 2. The molecule has 1 heterocycles. The van der Waals surface area contributed by atoms with E-state index in [4.69, 9.17) is 10.2 Å². The SMILES string of the molecule is CCCCC(C)NC(=O)c1ccc(CN)o1. The van der Waals surface area contributed by atoms with Gasteiger partial charge in [0, 0.05) is 6.04 Å². The van der Waals surface area contributed by atoms with Crippen molar-refractivity contribution in [3.8, 4) is 0 Å². The van der Waals surface area contributed by atoms with Gasteiger partial charge in [0.15, 0.2) is 5.76 Å². The number of furan rings is 1. The van der Waals surface area contributed by atoms with Gasteiger partial charge in [0.05, 0.1) is 6.54 Å². The molecule has 0 saturated heterocycles. The third-order valence-corrected chi connectivity index (χ3v) is 2.45. The largest absolute Gasteiger partial charge is 0.455 e. The molecule has 0 fully saturated rings. The van der Waals surface area contributed by atoms with E-state index < -0.39 is 0 Å². The zero-order chi connectivity index (χ0) is 12.0. The van der Waals surface area contributed by atoms with Crippen LogP contribution >= 0.6 is 0 Å². The predicted octanol–water partition coefficient (Wildman–Crippen LogP) is 2.05. The fraction of sp³-hybridized carbons (Fsp3) is 0.583. The Morgan fingerprint density at radius 3 is 2.88 bits per heavy atom. The molecule has 4 nitrogen and oxygen atoms in total. The van der Waals surface area contributed by atoms with Gasteiger partial charge in [0.25, 0.3) is 5.91 Å². The fourth-order valence-electron chi connectivity index (χ4n) is 1.49. The first-order valence-corrected chi connectivity index (χ1v) is 5.77. The molecule has 3 N–H and O–H groups in total. The van der Waals surface area contributed by atoms with Crippen LogP contribution in [0.3, 0.4) is 0 Å². The van der Waals surface area contributed by atoms with Crippen LogP contribution in [-0.4, -0.2) is 11.9 Å². The maximum absolute atomic E-state index is 11.7. The lowest BCUT2D eigenvalue weighted by Crippen LogP contribution is -2.32. The quantitative estimate of drug-likeness (QED) is 0.777. The van der Waals surface area contributed by atoms with E-state index in [2.05, 4.69) is 12.2 Å². The average molecular weight is 224 g/mol. The van der Waals surface area contributed by atoms with Crippen LogP contribution in [0.2, 0.25) is 0 Å². The van der Waals surface area contributed by atoms with E-state index in [1.54, 1.807) is 12.1 Å². The Morgan fingerprint density at radius 2 is 2.31 bits per heavy atom. The third kappa shape index (κ3) is 3.70. The topological polar surface area (TPSA) is 68.3 Å². The number of hydrogen-bond acceptors (Lipinski definition) is 3. The standard InChI is InChI=1S/C12H20N2O2/c1-3-4-5-9(2)14-12(15)11-7-6-10(8-13)16-11/h6-7,9H,3-5,8,13H2,1-2H3,(H,14,15). The van der Waals surface area contributed by atoms with Crippen molar-refractivity contribution in [3.63, 3.8) is 0 Å². The van der Waals surface area contributed by atoms with Crippen LogP contribution in [0.15, 0.2) is 16.5 Å². The van der Waals surface area contributed by atoms with E-state index in [0.717, 1.165) is 19.3 Å². The molecule has 16 heavy (non-hydrogen) atoms. The van der Waals surface area contributed by atoms with E-state index in [1.807, 2.05) is 6.92 Å². The van der Waals surface area contributed by atoms with E-state index in [1.165, 1.54) is 0 Å². The van der Waals surface area contributed by atoms with Gasteiger partial charge >= 0.3 is 0 Å². The van der Waals surface area contributed by atoms with Gasteiger partial charge in [0.2, 0.25) is 0 Å². The molecule has 1 aromatic rings. The van der Waals surface area contributed by atoms with Crippen LogP contribution in [0.25, 0.3) is 0 Å². The van der Waals surface area contributed by atoms with Gasteiger partial charge in [-0.1, -0.05) is 19.8 Å². The number of nitrogens with two attached hydrogens (primary N) is 1. The van der Waals surface area contributed by atoms with Crippen molar-refractivity contribution in [1.29, 1.82) is 0 Å². The molecule has 1 aromatic heterocycles. The third-order valence-electron chi connectivity index (χ3n) is 2.45. The molecule has 1 rings (SSSR count). The highest BCUT2D eigenvalue weighted by atomic mass is 16.4. The number of rotatable bonds is 6. The number of carbonyl (C=O) groups is 1. The molecule has 0 aliphatic rings. The van der Waals surface area contributed by atoms with Crippen LogP contribution in [0.5, 0.6) is 0 Å². The average Bonchev–Trinajstić information content (AvgIpc) is 2.74. The highest BCUT2D eigenvalue weighted by Gasteiger charge is 2.12. The maximum Gasteiger partial charge on any atom is 0.287 e. The van der Waals surface area contributed by atoms with Gasteiger partial charge in [-0.3, -0.25) is 4.79 Å². The summed E-state index contributed by atoms with van der Waals surface area (Å²) in [5.41, 5.74) is 5.40. The molecule has 1 unspecified atom stereocenters. The summed E-state index contributed by atoms with van der Waals surface area (Å²) < 4.78 is 5.26. The second-order valence-corrected chi connectivity index (χ2v) is 3.99. The van der Waals surface area contributed by atoms with Crippen LogP contribution in [0, 0.1) is 0 Å². The highest BCUT2D eigenvalue weighted by Crippen LogP contribution is 2.08. The molecule has 1 atom stereocenters. The summed E-state index contributed by atoms with van der Waals surface area (Å²) in [6, 6.07) is 3.56. The molecule has 0 aromatic carbocycles. The van der Waals surface area contributed by atoms with Crippen molar-refractivity contribution < 1.29 is 9.21 Å². The Kier molecular flexibility index (Phi) is 5.05. The van der Waals surface area contributed by atoms with Crippen LogP contribution in [0.1, 0.15) is 49.4 Å². The van der Waals surface area contributed by atoms with Gasteiger partial charge < -0.3 is 15.5 Å². The Labute approximate surface area is 96.2 Å². The first kappa shape index (κ1) is 12.8. The molecule has 4 heteroatoms. The Hall–Kier alpha value is -1.29. The number of carbonyl (C=O) groups excluding carboxylic acids is 1. The first-order valence-electron chi connectivity index (χ1n) is 5.77. The molecule has 0 aliphatic heterocycles. The number of unbranched alkanes of at least 4 members (excludes halogenated alkanes) is 1. The Morgan fingerprint density at radius 1 is 1.56 bits per heavy atom. The van der Waals surface area contributed by atoms with E-state index >= 15 is 0 Å². The second kappa shape index (κ2) is 6.33. The van der Waals surface area contributed by atoms with Crippen molar-refractivity contribution in [3.05, 3.63) is 23.7 Å². The summed E-state index contributed by atoms with van der Waals surface area (Å²) in [5.74, 6) is 0.804. The van der Waals surface area contributed by atoms with E-state index in [9.17, 15) is 4.79 Å². The lowest BCUT2D eigenvalue weighted by Gasteiger charge is -2.11. The number of amides is 1. The summed E-state index contributed by atoms with van der Waals surface area (Å²) in [6.07, 6.45) is 3.25. The van der Waals surface area contributed by atoms with Crippen LogP contribution in [0.4, 0.5) is 0 Å².